The van der Waals surface area contributed by atoms with Gasteiger partial charge in [0.05, 0.1) is 11.4 Å². The Hall–Kier alpha value is -0.130. The molecule has 1 N–H and O–H groups in total. The van der Waals surface area contributed by atoms with E-state index in [2.05, 4.69) is 4.72 Å². The Morgan fingerprint density at radius 2 is 2.08 bits per heavy atom. The summed E-state index contributed by atoms with van der Waals surface area (Å²) in [5.74, 6) is 0. The predicted octanol–water partition coefficient (Wildman–Crippen LogP) is 0.247. The minimum atomic E-state index is -3.00. The van der Waals surface area contributed by atoms with Crippen molar-refractivity contribution in [3.8, 4) is 0 Å². The van der Waals surface area contributed by atoms with E-state index in [4.69, 9.17) is 4.74 Å². The number of sulfonamides is 1. The van der Waals surface area contributed by atoms with Crippen LogP contribution in [0.15, 0.2) is 0 Å². The largest absolute Gasteiger partial charge is 0.377 e. The first kappa shape index (κ1) is 9.43. The van der Waals surface area contributed by atoms with Gasteiger partial charge in [-0.3, -0.25) is 0 Å². The summed E-state index contributed by atoms with van der Waals surface area (Å²) in [7, 11) is -3.00. The number of hydrogen-bond acceptors (Lipinski definition) is 3. The Bertz CT molecular complexity index is 265. The van der Waals surface area contributed by atoms with Crippen molar-refractivity contribution in [1.29, 1.82) is 0 Å². The lowest BCUT2D eigenvalue weighted by Crippen LogP contribution is -2.34. The van der Waals surface area contributed by atoms with E-state index in [0.29, 0.717) is 6.54 Å². The molecule has 1 aliphatic carbocycles. The minimum absolute atomic E-state index is 0.105. The van der Waals surface area contributed by atoms with Crippen molar-refractivity contribution in [3.05, 3.63) is 0 Å². The predicted molar refractivity (Wildman–Crippen MR) is 48.9 cm³/mol. The molecule has 1 saturated heterocycles. The third-order valence-corrected chi connectivity index (χ3v) is 4.42. The van der Waals surface area contributed by atoms with Gasteiger partial charge in [-0.25, -0.2) is 13.1 Å². The molecule has 0 amide bonds. The quantitative estimate of drug-likeness (QED) is 0.715. The average Bonchev–Trinajstić information content (AvgIpc) is 2.82. The molecule has 0 bridgehead atoms. The van der Waals surface area contributed by atoms with Crippen LogP contribution in [0.4, 0.5) is 0 Å². The molecule has 1 heterocycles. The van der Waals surface area contributed by atoms with E-state index in [0.717, 1.165) is 32.3 Å². The highest BCUT2D eigenvalue weighted by molar-refractivity contribution is 7.90. The zero-order valence-electron chi connectivity index (χ0n) is 7.53. The molecule has 4 nitrogen and oxygen atoms in total. The fourth-order valence-electron chi connectivity index (χ4n) is 1.51. The molecule has 0 unspecified atom stereocenters. The summed E-state index contributed by atoms with van der Waals surface area (Å²) >= 11 is 0. The number of rotatable bonds is 4. The van der Waals surface area contributed by atoms with Crippen molar-refractivity contribution < 1.29 is 13.2 Å². The zero-order valence-corrected chi connectivity index (χ0v) is 8.35. The molecule has 0 spiro atoms. The zero-order chi connectivity index (χ0) is 9.31. The highest BCUT2D eigenvalue weighted by atomic mass is 32.2. The lowest BCUT2D eigenvalue weighted by atomic mass is 10.2. The molecule has 13 heavy (non-hydrogen) atoms. The molecule has 0 aromatic heterocycles. The summed E-state index contributed by atoms with van der Waals surface area (Å²) in [6, 6.07) is 0. The molecule has 76 valence electrons. The maximum atomic E-state index is 11.4. The highest BCUT2D eigenvalue weighted by Crippen LogP contribution is 2.27. The van der Waals surface area contributed by atoms with Crippen molar-refractivity contribution in [3.63, 3.8) is 0 Å². The topological polar surface area (TPSA) is 55.4 Å². The lowest BCUT2D eigenvalue weighted by molar-refractivity contribution is 0.114. The fourth-order valence-corrected chi connectivity index (χ4v) is 2.92. The number of nitrogens with one attached hydrogen (secondary N) is 1. The molecule has 2 rings (SSSR count). The molecule has 0 aromatic rings. The Labute approximate surface area is 78.7 Å². The molecule has 1 saturated carbocycles. The first-order valence-corrected chi connectivity index (χ1v) is 6.33. The van der Waals surface area contributed by atoms with Gasteiger partial charge in [0.2, 0.25) is 10.0 Å². The Morgan fingerprint density at radius 3 is 2.62 bits per heavy atom. The van der Waals surface area contributed by atoms with Gasteiger partial charge in [-0.05, 0) is 25.7 Å². The molecular weight excluding hydrogens is 190 g/mol. The number of ether oxygens (including phenoxy) is 1. The van der Waals surface area contributed by atoms with Crippen LogP contribution in [0.5, 0.6) is 0 Å². The van der Waals surface area contributed by atoms with Gasteiger partial charge in [-0.15, -0.1) is 0 Å². The third kappa shape index (κ3) is 2.42. The Morgan fingerprint density at radius 1 is 1.31 bits per heavy atom. The van der Waals surface area contributed by atoms with E-state index < -0.39 is 10.0 Å². The van der Waals surface area contributed by atoms with Gasteiger partial charge in [-0.2, -0.15) is 0 Å². The lowest BCUT2D eigenvalue weighted by Gasteiger charge is -2.10. The molecule has 1 aliphatic heterocycles. The minimum Gasteiger partial charge on any atom is -0.377 e. The fraction of sp³-hybridized carbons (Fsp3) is 1.00. The summed E-state index contributed by atoms with van der Waals surface area (Å²) in [6.45, 7) is 1.23. The van der Waals surface area contributed by atoms with E-state index in [1.807, 2.05) is 0 Å². The summed E-state index contributed by atoms with van der Waals surface area (Å²) in [6.07, 6.45) is 3.78. The first-order valence-electron chi connectivity index (χ1n) is 4.78. The molecular formula is C8H15NO3S. The van der Waals surface area contributed by atoms with Crippen LogP contribution >= 0.6 is 0 Å². The first-order chi connectivity index (χ1) is 6.18. The molecule has 5 heteroatoms. The van der Waals surface area contributed by atoms with Crippen LogP contribution in [0.2, 0.25) is 0 Å². The van der Waals surface area contributed by atoms with Crippen LogP contribution in [-0.2, 0) is 14.8 Å². The van der Waals surface area contributed by atoms with Crippen LogP contribution in [0, 0.1) is 0 Å². The van der Waals surface area contributed by atoms with Gasteiger partial charge in [-0.1, -0.05) is 0 Å². The Balaban J connectivity index is 1.77. The van der Waals surface area contributed by atoms with E-state index in [-0.39, 0.29) is 11.4 Å². The van der Waals surface area contributed by atoms with Crippen molar-refractivity contribution in [2.75, 3.05) is 13.2 Å². The van der Waals surface area contributed by atoms with E-state index in [9.17, 15) is 8.42 Å². The molecule has 2 aliphatic rings. The van der Waals surface area contributed by atoms with Gasteiger partial charge in [0.15, 0.2) is 0 Å². The second kappa shape index (κ2) is 3.55. The smallest absolute Gasteiger partial charge is 0.214 e. The normalized spacial score (nSPS) is 29.4. The van der Waals surface area contributed by atoms with Gasteiger partial charge in [0.1, 0.15) is 0 Å². The summed E-state index contributed by atoms with van der Waals surface area (Å²) < 4.78 is 30.7. The molecule has 0 aromatic carbocycles. The monoisotopic (exact) mass is 205 g/mol. The van der Waals surface area contributed by atoms with Crippen LogP contribution in [0.1, 0.15) is 25.7 Å². The standard InChI is InChI=1S/C8H15NO3S/c10-13(11,8-3-4-8)9-6-7-2-1-5-12-7/h7-9H,1-6H2/t7-/m1/s1. The van der Waals surface area contributed by atoms with Gasteiger partial charge >= 0.3 is 0 Å². The maximum Gasteiger partial charge on any atom is 0.214 e. The second-order valence-electron chi connectivity index (χ2n) is 3.73. The van der Waals surface area contributed by atoms with Gasteiger partial charge in [0, 0.05) is 13.2 Å². The van der Waals surface area contributed by atoms with E-state index in [1.54, 1.807) is 0 Å². The van der Waals surface area contributed by atoms with Crippen molar-refractivity contribution in [2.24, 2.45) is 0 Å². The highest BCUT2D eigenvalue weighted by Gasteiger charge is 2.35. The van der Waals surface area contributed by atoms with E-state index in [1.165, 1.54) is 0 Å². The van der Waals surface area contributed by atoms with Crippen LogP contribution in [-0.4, -0.2) is 32.9 Å². The summed E-state index contributed by atoms with van der Waals surface area (Å²) in [5, 5.41) is -0.117. The van der Waals surface area contributed by atoms with Crippen molar-refractivity contribution in [2.45, 2.75) is 37.0 Å². The molecule has 0 radical (unpaired) electrons. The molecule has 1 atom stereocenters. The summed E-state index contributed by atoms with van der Waals surface area (Å²) in [4.78, 5) is 0. The van der Waals surface area contributed by atoms with Crippen LogP contribution in [0.25, 0.3) is 0 Å². The molecule has 2 fully saturated rings. The Kier molecular flexibility index (Phi) is 2.58. The van der Waals surface area contributed by atoms with E-state index >= 15 is 0 Å². The summed E-state index contributed by atoms with van der Waals surface area (Å²) in [5.41, 5.74) is 0. The van der Waals surface area contributed by atoms with Crippen LogP contribution < -0.4 is 4.72 Å². The third-order valence-electron chi connectivity index (χ3n) is 2.50. The average molecular weight is 205 g/mol. The van der Waals surface area contributed by atoms with Crippen molar-refractivity contribution >= 4 is 10.0 Å². The number of hydrogen-bond donors (Lipinski definition) is 1. The van der Waals surface area contributed by atoms with Gasteiger partial charge in [0.25, 0.3) is 0 Å². The van der Waals surface area contributed by atoms with Gasteiger partial charge < -0.3 is 4.74 Å². The van der Waals surface area contributed by atoms with Crippen molar-refractivity contribution in [1.82, 2.24) is 4.72 Å². The SMILES string of the molecule is O=S(=O)(NC[C@H]1CCCO1)C1CC1. The maximum absolute atomic E-state index is 11.4. The van der Waals surface area contributed by atoms with Crippen LogP contribution in [0.3, 0.4) is 0 Å². The second-order valence-corrected chi connectivity index (χ2v) is 5.77.